The maximum Gasteiger partial charge on any atom is 0.338 e. The van der Waals surface area contributed by atoms with E-state index in [-0.39, 0.29) is 24.6 Å². The third-order valence-corrected chi connectivity index (χ3v) is 2.90. The van der Waals surface area contributed by atoms with Gasteiger partial charge in [-0.05, 0) is 33.8 Å². The summed E-state index contributed by atoms with van der Waals surface area (Å²) in [5.74, 6) is -0.468. The third-order valence-electron chi connectivity index (χ3n) is 2.90. The van der Waals surface area contributed by atoms with Crippen molar-refractivity contribution in [3.05, 3.63) is 23.5 Å². The van der Waals surface area contributed by atoms with Crippen LogP contribution >= 0.6 is 0 Å². The fourth-order valence-electron chi connectivity index (χ4n) is 2.11. The van der Waals surface area contributed by atoms with E-state index in [0.717, 1.165) is 0 Å². The molecule has 2 rings (SSSR count). The Bertz CT molecular complexity index is 743. The molecule has 0 spiro atoms. The lowest BCUT2D eigenvalue weighted by atomic mass is 10.1. The minimum Gasteiger partial charge on any atom is -0.493 e. The number of aromatic amines is 1. The van der Waals surface area contributed by atoms with Crippen LogP contribution in [0.5, 0.6) is 5.75 Å². The lowest BCUT2D eigenvalue weighted by molar-refractivity contribution is -0.155. The summed E-state index contributed by atoms with van der Waals surface area (Å²) in [7, 11) is 0. The van der Waals surface area contributed by atoms with Gasteiger partial charge in [-0.2, -0.15) is 0 Å². The van der Waals surface area contributed by atoms with E-state index in [9.17, 15) is 14.7 Å². The second kappa shape index (κ2) is 6.28. The number of hydrogen-bond acceptors (Lipinski definition) is 5. The average Bonchev–Trinajstić information content (AvgIpc) is 2.75. The van der Waals surface area contributed by atoms with Crippen LogP contribution in [0.15, 0.2) is 12.1 Å². The number of ether oxygens (including phenoxy) is 2. The molecule has 1 heterocycles. The predicted molar refractivity (Wildman–Crippen MR) is 83.7 cm³/mol. The maximum atomic E-state index is 11.6. The Morgan fingerprint density at radius 2 is 2.00 bits per heavy atom. The smallest absolute Gasteiger partial charge is 0.338 e. The number of carboxylic acids is 1. The molecule has 0 saturated carbocycles. The summed E-state index contributed by atoms with van der Waals surface area (Å²) in [4.78, 5) is 30.1. The first-order valence-corrected chi connectivity index (χ1v) is 7.24. The van der Waals surface area contributed by atoms with Crippen molar-refractivity contribution in [2.45, 2.75) is 39.7 Å². The molecule has 2 N–H and O–H groups in total. The third kappa shape index (κ3) is 4.45. The van der Waals surface area contributed by atoms with E-state index in [0.29, 0.717) is 22.6 Å². The molecule has 7 nitrogen and oxygen atoms in total. The molecule has 0 aliphatic heterocycles. The minimum atomic E-state index is -1.08. The number of H-pyrrole nitrogens is 1. The fraction of sp³-hybridized carbons (Fsp3) is 0.438. The SMILES string of the molecule is Cc1nc2c(C(=O)O)cc(OCCC(=O)OC(C)(C)C)cc2[nH]1. The molecule has 1 aromatic heterocycles. The molecule has 23 heavy (non-hydrogen) atoms. The van der Waals surface area contributed by atoms with Crippen molar-refractivity contribution >= 4 is 23.0 Å². The highest BCUT2D eigenvalue weighted by Gasteiger charge is 2.17. The molecule has 0 bridgehead atoms. The molecule has 7 heteroatoms. The first kappa shape index (κ1) is 16.8. The molecule has 0 amide bonds. The van der Waals surface area contributed by atoms with Gasteiger partial charge < -0.3 is 19.6 Å². The van der Waals surface area contributed by atoms with Gasteiger partial charge in [0.25, 0.3) is 0 Å². The van der Waals surface area contributed by atoms with E-state index < -0.39 is 11.6 Å². The number of nitrogens with zero attached hydrogens (tertiary/aromatic N) is 1. The quantitative estimate of drug-likeness (QED) is 0.821. The monoisotopic (exact) mass is 320 g/mol. The van der Waals surface area contributed by atoms with E-state index in [1.54, 1.807) is 33.8 Å². The van der Waals surface area contributed by atoms with Crippen molar-refractivity contribution in [3.63, 3.8) is 0 Å². The summed E-state index contributed by atoms with van der Waals surface area (Å²) >= 11 is 0. The Labute approximate surface area is 133 Å². The highest BCUT2D eigenvalue weighted by Crippen LogP contribution is 2.24. The van der Waals surface area contributed by atoms with Gasteiger partial charge in [0.05, 0.1) is 24.1 Å². The summed E-state index contributed by atoms with van der Waals surface area (Å²) in [6.45, 7) is 7.22. The maximum absolute atomic E-state index is 11.6. The second-order valence-corrected chi connectivity index (χ2v) is 6.18. The zero-order valence-corrected chi connectivity index (χ0v) is 13.6. The van der Waals surface area contributed by atoms with E-state index in [2.05, 4.69) is 9.97 Å². The Morgan fingerprint density at radius 3 is 2.61 bits per heavy atom. The summed E-state index contributed by atoms with van der Waals surface area (Å²) < 4.78 is 10.7. The zero-order valence-electron chi connectivity index (χ0n) is 13.6. The molecule has 0 aliphatic rings. The number of carbonyl (C=O) groups is 2. The van der Waals surface area contributed by atoms with Crippen molar-refractivity contribution in [3.8, 4) is 5.75 Å². The topological polar surface area (TPSA) is 102 Å². The van der Waals surface area contributed by atoms with Crippen LogP contribution in [0.1, 0.15) is 43.4 Å². The van der Waals surface area contributed by atoms with E-state index in [1.807, 2.05) is 0 Å². The molecule has 124 valence electrons. The minimum absolute atomic E-state index is 0.0547. The lowest BCUT2D eigenvalue weighted by Crippen LogP contribution is -2.24. The summed E-state index contributed by atoms with van der Waals surface area (Å²) in [5, 5.41) is 9.27. The van der Waals surface area contributed by atoms with Crippen LogP contribution in [0, 0.1) is 6.92 Å². The molecule has 0 fully saturated rings. The molecule has 1 aromatic carbocycles. The molecule has 2 aromatic rings. The summed E-state index contributed by atoms with van der Waals surface area (Å²) in [6, 6.07) is 3.07. The molecule has 0 atom stereocenters. The first-order valence-electron chi connectivity index (χ1n) is 7.24. The largest absolute Gasteiger partial charge is 0.493 e. The second-order valence-electron chi connectivity index (χ2n) is 6.18. The van der Waals surface area contributed by atoms with Gasteiger partial charge in [0.2, 0.25) is 0 Å². The molecule has 0 radical (unpaired) electrons. The molecular formula is C16H20N2O5. The summed E-state index contributed by atoms with van der Waals surface area (Å²) in [5.41, 5.74) is 0.475. The number of aryl methyl sites for hydroxylation is 1. The van der Waals surface area contributed by atoms with Gasteiger partial charge in [-0.25, -0.2) is 9.78 Å². The number of aromatic carboxylic acids is 1. The zero-order chi connectivity index (χ0) is 17.2. The van der Waals surface area contributed by atoms with Gasteiger partial charge in [-0.1, -0.05) is 0 Å². The Morgan fingerprint density at radius 1 is 1.30 bits per heavy atom. The first-order chi connectivity index (χ1) is 10.7. The lowest BCUT2D eigenvalue weighted by Gasteiger charge is -2.19. The van der Waals surface area contributed by atoms with Crippen LogP contribution in [0.2, 0.25) is 0 Å². The predicted octanol–water partition coefficient (Wildman–Crippen LogP) is 2.68. The number of hydrogen-bond donors (Lipinski definition) is 2. The van der Waals surface area contributed by atoms with Crippen molar-refractivity contribution < 1.29 is 24.2 Å². The molecule has 0 saturated heterocycles. The highest BCUT2D eigenvalue weighted by atomic mass is 16.6. The number of aromatic nitrogens is 2. The number of esters is 1. The van der Waals surface area contributed by atoms with Crippen LogP contribution in [-0.2, 0) is 9.53 Å². The number of fused-ring (bicyclic) bond motifs is 1. The number of imidazole rings is 1. The van der Waals surface area contributed by atoms with Crippen molar-refractivity contribution in [1.82, 2.24) is 9.97 Å². The van der Waals surface area contributed by atoms with Crippen LogP contribution in [0.3, 0.4) is 0 Å². The Balaban J connectivity index is 2.09. The standard InChI is InChI=1S/C16H20N2O5/c1-9-17-12-8-10(7-11(15(20)21)14(12)18-9)22-6-5-13(19)23-16(2,3)4/h7-8H,5-6H2,1-4H3,(H,17,18)(H,20,21). The van der Waals surface area contributed by atoms with Gasteiger partial charge in [0.1, 0.15) is 22.7 Å². The fourth-order valence-corrected chi connectivity index (χ4v) is 2.11. The normalized spacial score (nSPS) is 11.5. The summed E-state index contributed by atoms with van der Waals surface area (Å²) in [6.07, 6.45) is 0.0831. The highest BCUT2D eigenvalue weighted by molar-refractivity contribution is 6.01. The number of carboxylic acid groups (broad SMARTS) is 1. The Kier molecular flexibility index (Phi) is 4.58. The Hall–Kier alpha value is -2.57. The van der Waals surface area contributed by atoms with Crippen molar-refractivity contribution in [1.29, 1.82) is 0 Å². The van der Waals surface area contributed by atoms with Gasteiger partial charge in [0, 0.05) is 6.07 Å². The van der Waals surface area contributed by atoms with Crippen LogP contribution < -0.4 is 4.74 Å². The molecule has 0 unspecified atom stereocenters. The average molecular weight is 320 g/mol. The number of nitrogens with one attached hydrogen (secondary N) is 1. The van der Waals surface area contributed by atoms with Crippen molar-refractivity contribution in [2.24, 2.45) is 0 Å². The van der Waals surface area contributed by atoms with E-state index in [1.165, 1.54) is 6.07 Å². The van der Waals surface area contributed by atoms with Gasteiger partial charge in [0.15, 0.2) is 0 Å². The van der Waals surface area contributed by atoms with Gasteiger partial charge in [-0.15, -0.1) is 0 Å². The molecule has 0 aliphatic carbocycles. The van der Waals surface area contributed by atoms with Crippen LogP contribution in [0.4, 0.5) is 0 Å². The number of rotatable bonds is 5. The van der Waals surface area contributed by atoms with Gasteiger partial charge >= 0.3 is 11.9 Å². The number of carbonyl (C=O) groups excluding carboxylic acids is 1. The van der Waals surface area contributed by atoms with Crippen LogP contribution in [-0.4, -0.2) is 39.2 Å². The number of benzene rings is 1. The van der Waals surface area contributed by atoms with Crippen LogP contribution in [0.25, 0.3) is 11.0 Å². The molecular weight excluding hydrogens is 300 g/mol. The van der Waals surface area contributed by atoms with Crippen molar-refractivity contribution in [2.75, 3.05) is 6.61 Å². The van der Waals surface area contributed by atoms with E-state index >= 15 is 0 Å². The van der Waals surface area contributed by atoms with E-state index in [4.69, 9.17) is 9.47 Å². The van der Waals surface area contributed by atoms with Gasteiger partial charge in [-0.3, -0.25) is 4.79 Å².